The standard InChI is InChI=1S/C14H16O4.2C2H3O2.Na/c1-4-11(10-8-6-5-7-9-10)12(13(15)17-2)14(16)18-3;2*1-4-2-3;/h4-9,11-12H,1H2,2-3H3;2*1H3;/q;2*-1;+1/t11-;;;/m1.../s1. The Bertz CT molecular complexity index is 524. The van der Waals surface area contributed by atoms with Crippen molar-refractivity contribution in [2.75, 3.05) is 28.4 Å². The molecule has 0 spiro atoms. The topological polar surface area (TPSA) is 105 Å². The molecule has 1 aromatic carbocycles. The van der Waals surface area contributed by atoms with Gasteiger partial charge in [-0.1, -0.05) is 49.4 Å². The van der Waals surface area contributed by atoms with Crippen LogP contribution in [0.15, 0.2) is 43.0 Å². The number of benzene rings is 1. The third-order valence-corrected chi connectivity index (χ3v) is 2.87. The van der Waals surface area contributed by atoms with E-state index in [1.54, 1.807) is 6.08 Å². The van der Waals surface area contributed by atoms with E-state index < -0.39 is 23.8 Å². The molecule has 144 valence electrons. The van der Waals surface area contributed by atoms with Gasteiger partial charge in [-0.05, 0) is 5.56 Å². The van der Waals surface area contributed by atoms with Gasteiger partial charge in [-0.15, -0.1) is 6.58 Å². The van der Waals surface area contributed by atoms with Crippen molar-refractivity contribution in [2.24, 2.45) is 5.92 Å². The van der Waals surface area contributed by atoms with Gasteiger partial charge in [0.05, 0.1) is 14.2 Å². The molecule has 0 aliphatic heterocycles. The first kappa shape index (κ1) is 29.6. The van der Waals surface area contributed by atoms with Crippen LogP contribution < -0.4 is 29.6 Å². The summed E-state index contributed by atoms with van der Waals surface area (Å²) in [5.41, 5.74) is 0.813. The second kappa shape index (κ2) is 20.2. The summed E-state index contributed by atoms with van der Waals surface area (Å²) in [5, 5.41) is 0. The van der Waals surface area contributed by atoms with Crippen molar-refractivity contribution in [1.82, 2.24) is 0 Å². The fraction of sp³-hybridized carbons (Fsp3) is 0.333. The molecule has 0 unspecified atom stereocenters. The number of carbonyl (C=O) groups excluding carboxylic acids is 4. The van der Waals surface area contributed by atoms with Crippen LogP contribution in [0.1, 0.15) is 11.5 Å². The van der Waals surface area contributed by atoms with Crippen LogP contribution in [0.5, 0.6) is 0 Å². The third-order valence-electron chi connectivity index (χ3n) is 2.87. The zero-order chi connectivity index (χ0) is 20.4. The molecule has 27 heavy (non-hydrogen) atoms. The van der Waals surface area contributed by atoms with Gasteiger partial charge in [0.2, 0.25) is 0 Å². The fourth-order valence-corrected chi connectivity index (χ4v) is 1.78. The first-order valence-corrected chi connectivity index (χ1v) is 7.12. The smallest absolute Gasteiger partial charge is 0.655 e. The molecular weight excluding hydrogens is 367 g/mol. The van der Waals surface area contributed by atoms with Crippen molar-refractivity contribution < 1.29 is 67.7 Å². The molecule has 0 aromatic heterocycles. The number of hydrogen-bond donors (Lipinski definition) is 0. The molecule has 0 radical (unpaired) electrons. The zero-order valence-corrected chi connectivity index (χ0v) is 18.1. The summed E-state index contributed by atoms with van der Waals surface area (Å²) in [5.74, 6) is -2.75. The summed E-state index contributed by atoms with van der Waals surface area (Å²) >= 11 is 0. The second-order valence-corrected chi connectivity index (χ2v) is 4.27. The van der Waals surface area contributed by atoms with Crippen molar-refractivity contribution in [3.8, 4) is 0 Å². The van der Waals surface area contributed by atoms with E-state index in [-0.39, 0.29) is 29.6 Å². The van der Waals surface area contributed by atoms with Gasteiger partial charge in [-0.2, -0.15) is 0 Å². The largest absolute Gasteiger partial charge is 1.00 e. The quantitative estimate of drug-likeness (QED) is 0.136. The number of ether oxygens (including phenoxy) is 4. The van der Waals surface area contributed by atoms with Gasteiger partial charge in [-0.25, -0.2) is 0 Å². The number of rotatable bonds is 7. The van der Waals surface area contributed by atoms with Crippen molar-refractivity contribution in [2.45, 2.75) is 5.92 Å². The predicted octanol–water partition coefficient (Wildman–Crippen LogP) is -1.68. The molecule has 1 rings (SSSR count). The van der Waals surface area contributed by atoms with Gasteiger partial charge in [0, 0.05) is 20.1 Å². The maximum atomic E-state index is 11.7. The van der Waals surface area contributed by atoms with Crippen LogP contribution in [-0.2, 0) is 38.1 Å². The first-order chi connectivity index (χ1) is 12.5. The Morgan fingerprint density at radius 2 is 1.30 bits per heavy atom. The number of hydrogen-bond acceptors (Lipinski definition) is 8. The third kappa shape index (κ3) is 12.8. The molecule has 0 heterocycles. The van der Waals surface area contributed by atoms with Crippen LogP contribution in [-0.4, -0.2) is 53.3 Å². The van der Waals surface area contributed by atoms with Crippen LogP contribution in [0.2, 0.25) is 0 Å². The number of allylic oxidation sites excluding steroid dienone is 1. The van der Waals surface area contributed by atoms with Crippen LogP contribution in [0.3, 0.4) is 0 Å². The maximum Gasteiger partial charge on any atom is 1.00 e. The Balaban J connectivity index is -0.000000543. The summed E-state index contributed by atoms with van der Waals surface area (Å²) in [6.45, 7) is 6.04. The minimum absolute atomic E-state index is 0. The summed E-state index contributed by atoms with van der Waals surface area (Å²) in [7, 11) is 4.99. The van der Waals surface area contributed by atoms with Gasteiger partial charge < -0.3 is 28.5 Å². The summed E-state index contributed by atoms with van der Waals surface area (Å²) in [6, 6.07) is 9.17. The molecule has 0 aliphatic carbocycles. The van der Waals surface area contributed by atoms with Crippen molar-refractivity contribution in [1.29, 1.82) is 0 Å². The Morgan fingerprint density at radius 1 is 0.926 bits per heavy atom. The monoisotopic (exact) mass is 389 g/mol. The minimum atomic E-state index is -1.03. The fourth-order valence-electron chi connectivity index (χ4n) is 1.78. The van der Waals surface area contributed by atoms with Gasteiger partial charge >= 0.3 is 41.5 Å². The van der Waals surface area contributed by atoms with Gasteiger partial charge in [0.25, 0.3) is 0 Å². The average Bonchev–Trinajstić information content (AvgIpc) is 2.71. The zero-order valence-electron chi connectivity index (χ0n) is 16.1. The predicted molar refractivity (Wildman–Crippen MR) is 92.3 cm³/mol. The second-order valence-electron chi connectivity index (χ2n) is 4.27. The molecule has 0 N–H and O–H groups in total. The van der Waals surface area contributed by atoms with E-state index >= 15 is 0 Å². The van der Waals surface area contributed by atoms with Gasteiger partial charge in [-0.3, -0.25) is 9.59 Å². The molecule has 0 fully saturated rings. The van der Waals surface area contributed by atoms with E-state index in [9.17, 15) is 9.59 Å². The van der Waals surface area contributed by atoms with Crippen LogP contribution in [0.4, 0.5) is 0 Å². The van der Waals surface area contributed by atoms with Crippen LogP contribution in [0.25, 0.3) is 0 Å². The van der Waals surface area contributed by atoms with Crippen molar-refractivity contribution in [3.63, 3.8) is 0 Å². The SMILES string of the molecule is C=C[C@H](c1ccccc1)C(C(=O)OC)C(=O)OC.CO[C-]=O.CO[C-]=O.[Na+]. The molecule has 8 nitrogen and oxygen atoms in total. The van der Waals surface area contributed by atoms with E-state index in [1.807, 2.05) is 30.3 Å². The Morgan fingerprint density at radius 3 is 1.56 bits per heavy atom. The molecular formula is C18H22NaO8-. The Kier molecular flexibility index (Phi) is 22.1. The molecule has 0 aliphatic rings. The van der Waals surface area contributed by atoms with Crippen LogP contribution >= 0.6 is 0 Å². The summed E-state index contributed by atoms with van der Waals surface area (Å²) in [6.07, 6.45) is 1.55. The number of carbonyl (C=O) groups is 2. The molecule has 0 saturated carbocycles. The van der Waals surface area contributed by atoms with E-state index in [0.29, 0.717) is 0 Å². The van der Waals surface area contributed by atoms with Crippen molar-refractivity contribution in [3.05, 3.63) is 48.6 Å². The first-order valence-electron chi connectivity index (χ1n) is 7.12. The molecule has 1 aromatic rings. The number of methoxy groups -OCH3 is 4. The van der Waals surface area contributed by atoms with Gasteiger partial charge in [0.15, 0.2) is 5.92 Å². The molecule has 0 saturated heterocycles. The number of esters is 2. The minimum Gasteiger partial charge on any atom is -0.655 e. The van der Waals surface area contributed by atoms with E-state index in [2.05, 4.69) is 25.5 Å². The molecule has 1 atom stereocenters. The molecule has 0 bridgehead atoms. The maximum absolute atomic E-state index is 11.7. The molecule has 0 amide bonds. The van der Waals surface area contributed by atoms with E-state index in [0.717, 1.165) is 5.56 Å². The normalized spacial score (nSPS) is 9.37. The van der Waals surface area contributed by atoms with E-state index in [4.69, 9.17) is 9.59 Å². The summed E-state index contributed by atoms with van der Waals surface area (Å²) < 4.78 is 16.8. The van der Waals surface area contributed by atoms with Gasteiger partial charge in [0.1, 0.15) is 0 Å². The van der Waals surface area contributed by atoms with Crippen LogP contribution in [0, 0.1) is 5.92 Å². The Hall–Kier alpha value is -2.16. The van der Waals surface area contributed by atoms with E-state index in [1.165, 1.54) is 41.4 Å². The Labute approximate surface area is 181 Å². The summed E-state index contributed by atoms with van der Waals surface area (Å²) in [4.78, 5) is 41.1. The molecule has 9 heteroatoms. The average molecular weight is 389 g/mol. The van der Waals surface area contributed by atoms with Crippen molar-refractivity contribution >= 4 is 24.9 Å².